The van der Waals surface area contributed by atoms with E-state index in [2.05, 4.69) is 10.6 Å². The lowest BCUT2D eigenvalue weighted by molar-refractivity contribution is -0.139. The van der Waals surface area contributed by atoms with Gasteiger partial charge in [0.25, 0.3) is 5.91 Å². The van der Waals surface area contributed by atoms with Gasteiger partial charge in [-0.05, 0) is 68.1 Å². The molecule has 2 aromatic rings. The fourth-order valence-corrected chi connectivity index (χ4v) is 6.26. The van der Waals surface area contributed by atoms with Crippen LogP contribution in [0.15, 0.2) is 54.6 Å². The number of fused-ring (bicyclic) bond motifs is 1. The molecule has 3 aliphatic heterocycles. The van der Waals surface area contributed by atoms with Crippen LogP contribution in [0.3, 0.4) is 0 Å². The molecular weight excluding hydrogens is 536 g/mol. The molecule has 3 aliphatic rings. The van der Waals surface area contributed by atoms with E-state index >= 15 is 0 Å². The van der Waals surface area contributed by atoms with Crippen LogP contribution in [0.4, 0.5) is 11.4 Å². The van der Waals surface area contributed by atoms with Gasteiger partial charge in [-0.25, -0.2) is 0 Å². The van der Waals surface area contributed by atoms with Crippen molar-refractivity contribution in [1.29, 1.82) is 0 Å². The summed E-state index contributed by atoms with van der Waals surface area (Å²) < 4.78 is 5.41. The van der Waals surface area contributed by atoms with Crippen LogP contribution < -0.4 is 20.3 Å². The number of amides is 3. The Morgan fingerprint density at radius 3 is 2.79 bits per heavy atom. The van der Waals surface area contributed by atoms with Crippen molar-refractivity contribution in [1.82, 2.24) is 10.2 Å². The third-order valence-corrected chi connectivity index (χ3v) is 8.67. The summed E-state index contributed by atoms with van der Waals surface area (Å²) in [6, 6.07) is 12.2. The zero-order valence-electron chi connectivity index (χ0n) is 24.2. The van der Waals surface area contributed by atoms with E-state index in [0.29, 0.717) is 29.2 Å². The Hall–Kier alpha value is -3.73. The average molecular weight is 577 g/mol. The highest BCUT2D eigenvalue weighted by Crippen LogP contribution is 2.47. The van der Waals surface area contributed by atoms with E-state index in [1.165, 1.54) is 7.11 Å². The second kappa shape index (κ2) is 12.6. The monoisotopic (exact) mass is 576 g/mol. The number of aliphatic hydroxyl groups is 2. The molecule has 2 saturated heterocycles. The zero-order chi connectivity index (χ0) is 29.9. The SMILES string of the molecule is COc1ccc2c(c1)[C@@](O)([C@H](C)/C=C/CC(=O)N1CCC[C@H]1CO)C(=O)N2Cc1cccc(NC(=O)[C@H]2CCCN2)c1. The van der Waals surface area contributed by atoms with Crippen LogP contribution in [0.25, 0.3) is 0 Å². The second-order valence-electron chi connectivity index (χ2n) is 11.4. The van der Waals surface area contributed by atoms with Crippen molar-refractivity contribution in [3.63, 3.8) is 0 Å². The van der Waals surface area contributed by atoms with Crippen LogP contribution >= 0.6 is 0 Å². The molecule has 2 fully saturated rings. The number of nitrogens with one attached hydrogen (secondary N) is 2. The van der Waals surface area contributed by atoms with Gasteiger partial charge in [-0.15, -0.1) is 0 Å². The number of nitrogens with zero attached hydrogens (tertiary/aromatic N) is 2. The molecule has 5 rings (SSSR count). The molecule has 2 aromatic carbocycles. The van der Waals surface area contributed by atoms with E-state index in [1.54, 1.807) is 47.1 Å². The normalized spacial score (nSPS) is 24.3. The minimum atomic E-state index is -1.87. The molecule has 42 heavy (non-hydrogen) atoms. The van der Waals surface area contributed by atoms with Crippen LogP contribution in [0.1, 0.15) is 50.2 Å². The lowest BCUT2D eigenvalue weighted by Gasteiger charge is -2.28. The van der Waals surface area contributed by atoms with E-state index in [0.717, 1.165) is 37.8 Å². The number of methoxy groups -OCH3 is 1. The molecule has 0 spiro atoms. The Bertz CT molecular complexity index is 1360. The predicted octanol–water partition coefficient (Wildman–Crippen LogP) is 2.69. The second-order valence-corrected chi connectivity index (χ2v) is 11.4. The fourth-order valence-electron chi connectivity index (χ4n) is 6.26. The first-order chi connectivity index (χ1) is 20.3. The number of anilines is 2. The van der Waals surface area contributed by atoms with Crippen molar-refractivity contribution in [2.45, 2.75) is 63.3 Å². The number of aliphatic hydroxyl groups excluding tert-OH is 1. The van der Waals surface area contributed by atoms with Gasteiger partial charge in [0.05, 0.1) is 38.0 Å². The van der Waals surface area contributed by atoms with Crippen molar-refractivity contribution in [2.24, 2.45) is 5.92 Å². The van der Waals surface area contributed by atoms with E-state index in [-0.39, 0.29) is 43.5 Å². The van der Waals surface area contributed by atoms with Gasteiger partial charge in [0, 0.05) is 30.1 Å². The first kappa shape index (κ1) is 29.8. The van der Waals surface area contributed by atoms with Crippen LogP contribution in [-0.4, -0.2) is 71.7 Å². The third kappa shape index (κ3) is 5.79. The minimum Gasteiger partial charge on any atom is -0.497 e. The summed E-state index contributed by atoms with van der Waals surface area (Å²) in [5, 5.41) is 27.7. The van der Waals surface area contributed by atoms with E-state index < -0.39 is 17.4 Å². The van der Waals surface area contributed by atoms with Gasteiger partial charge < -0.3 is 35.4 Å². The van der Waals surface area contributed by atoms with Crippen LogP contribution in [0.5, 0.6) is 5.75 Å². The molecule has 0 aromatic heterocycles. The molecule has 4 atom stereocenters. The quantitative estimate of drug-likeness (QED) is 0.320. The Kier molecular flexibility index (Phi) is 8.96. The largest absolute Gasteiger partial charge is 0.497 e. The van der Waals surface area contributed by atoms with Crippen LogP contribution in [-0.2, 0) is 26.5 Å². The summed E-state index contributed by atoms with van der Waals surface area (Å²) >= 11 is 0. The lowest BCUT2D eigenvalue weighted by atomic mass is 9.83. The molecule has 10 heteroatoms. The summed E-state index contributed by atoms with van der Waals surface area (Å²) in [6.07, 6.45) is 6.95. The number of benzene rings is 2. The minimum absolute atomic E-state index is 0.0540. The molecule has 0 aliphatic carbocycles. The Morgan fingerprint density at radius 2 is 2.05 bits per heavy atom. The summed E-state index contributed by atoms with van der Waals surface area (Å²) in [5.74, 6) is -0.768. The molecular formula is C32H40N4O6. The molecule has 224 valence electrons. The Balaban J connectivity index is 1.34. The maximum atomic E-state index is 14.0. The van der Waals surface area contributed by atoms with Crippen molar-refractivity contribution >= 4 is 29.1 Å². The molecule has 3 amide bonds. The Labute approximate surface area is 246 Å². The predicted molar refractivity (Wildman–Crippen MR) is 159 cm³/mol. The average Bonchev–Trinajstić information content (AvgIpc) is 3.75. The molecule has 0 bridgehead atoms. The number of rotatable bonds is 10. The van der Waals surface area contributed by atoms with Gasteiger partial charge in [0.1, 0.15) is 5.75 Å². The number of ether oxygens (including phenoxy) is 1. The standard InChI is InChI=1S/C32H40N4O6/c1-21(7-3-12-29(38)35-16-6-10-24(35)20-37)32(41)26-18-25(42-2)13-14-28(26)36(31(32)40)19-22-8-4-9-23(17-22)34-30(39)27-11-5-15-33-27/h3-4,7-9,13-14,17-18,21,24,27,33,37,41H,5-6,10-12,15-16,19-20H2,1-2H3,(H,34,39)/b7-3+/t21-,24+,27-,32+/m1/s1. The zero-order valence-corrected chi connectivity index (χ0v) is 24.2. The van der Waals surface area contributed by atoms with Gasteiger partial charge in [-0.1, -0.05) is 31.2 Å². The highest BCUT2D eigenvalue weighted by Gasteiger charge is 2.52. The van der Waals surface area contributed by atoms with Crippen molar-refractivity contribution < 1.29 is 29.3 Å². The highest BCUT2D eigenvalue weighted by atomic mass is 16.5. The topological polar surface area (TPSA) is 131 Å². The van der Waals surface area contributed by atoms with Gasteiger partial charge in [0.15, 0.2) is 5.60 Å². The smallest absolute Gasteiger partial charge is 0.264 e. The van der Waals surface area contributed by atoms with Gasteiger partial charge in [-0.3, -0.25) is 14.4 Å². The van der Waals surface area contributed by atoms with E-state index in [1.807, 2.05) is 24.3 Å². The molecule has 4 N–H and O–H groups in total. The summed E-state index contributed by atoms with van der Waals surface area (Å²) in [4.78, 5) is 42.6. The van der Waals surface area contributed by atoms with Gasteiger partial charge in [0.2, 0.25) is 11.8 Å². The van der Waals surface area contributed by atoms with Crippen molar-refractivity contribution in [3.8, 4) is 5.75 Å². The molecule has 0 radical (unpaired) electrons. The molecule has 3 heterocycles. The summed E-state index contributed by atoms with van der Waals surface area (Å²) in [6.45, 7) is 3.35. The molecule has 10 nitrogen and oxygen atoms in total. The van der Waals surface area contributed by atoms with Gasteiger partial charge in [-0.2, -0.15) is 0 Å². The highest BCUT2D eigenvalue weighted by molar-refractivity contribution is 6.07. The fraction of sp³-hybridized carbons (Fsp3) is 0.469. The first-order valence-corrected chi connectivity index (χ1v) is 14.7. The maximum Gasteiger partial charge on any atom is 0.264 e. The van der Waals surface area contributed by atoms with Gasteiger partial charge >= 0.3 is 0 Å². The Morgan fingerprint density at radius 1 is 1.21 bits per heavy atom. The number of hydrogen-bond donors (Lipinski definition) is 4. The maximum absolute atomic E-state index is 14.0. The number of likely N-dealkylation sites (tertiary alicyclic amines) is 1. The lowest BCUT2D eigenvalue weighted by Crippen LogP contribution is -2.44. The number of carbonyl (C=O) groups excluding carboxylic acids is 3. The van der Waals surface area contributed by atoms with E-state index in [9.17, 15) is 24.6 Å². The van der Waals surface area contributed by atoms with Crippen molar-refractivity contribution in [2.75, 3.05) is 37.0 Å². The van der Waals surface area contributed by atoms with Crippen LogP contribution in [0, 0.1) is 5.92 Å². The first-order valence-electron chi connectivity index (χ1n) is 14.7. The third-order valence-electron chi connectivity index (χ3n) is 8.67. The molecule has 0 unspecified atom stereocenters. The molecule has 0 saturated carbocycles. The summed E-state index contributed by atoms with van der Waals surface area (Å²) in [5.41, 5.74) is 0.582. The number of hydrogen-bond acceptors (Lipinski definition) is 7. The number of carbonyl (C=O) groups is 3. The van der Waals surface area contributed by atoms with Crippen LogP contribution in [0.2, 0.25) is 0 Å². The van der Waals surface area contributed by atoms with E-state index in [4.69, 9.17) is 4.74 Å². The van der Waals surface area contributed by atoms with Crippen molar-refractivity contribution in [3.05, 3.63) is 65.7 Å². The summed E-state index contributed by atoms with van der Waals surface area (Å²) in [7, 11) is 1.53.